The second-order valence-corrected chi connectivity index (χ2v) is 7.94. The fourth-order valence-corrected chi connectivity index (χ4v) is 4.80. The van der Waals surface area contributed by atoms with E-state index in [0.717, 1.165) is 22.9 Å². The van der Waals surface area contributed by atoms with Gasteiger partial charge in [-0.2, -0.15) is 0 Å². The van der Waals surface area contributed by atoms with Gasteiger partial charge in [0.15, 0.2) is 0 Å². The number of hydrogen-bond acceptors (Lipinski definition) is 2. The number of carboxylic acid groups (broad SMARTS) is 1. The van der Waals surface area contributed by atoms with E-state index in [-0.39, 0.29) is 17.7 Å². The van der Waals surface area contributed by atoms with Gasteiger partial charge in [0.25, 0.3) is 0 Å². The Kier molecular flexibility index (Phi) is 4.56. The van der Waals surface area contributed by atoms with Crippen molar-refractivity contribution in [1.29, 1.82) is 0 Å². The Morgan fingerprint density at radius 2 is 1.79 bits per heavy atom. The molecule has 4 atom stereocenters. The van der Waals surface area contributed by atoms with Gasteiger partial charge in [-0.3, -0.25) is 9.59 Å². The molecule has 2 aliphatic carbocycles. The van der Waals surface area contributed by atoms with Gasteiger partial charge in [-0.05, 0) is 69.2 Å². The Morgan fingerprint density at radius 1 is 1.17 bits per heavy atom. The molecule has 0 radical (unpaired) electrons. The normalized spacial score (nSPS) is 28.1. The molecule has 0 unspecified atom stereocenters. The average molecular weight is 392 g/mol. The van der Waals surface area contributed by atoms with Crippen molar-refractivity contribution in [2.45, 2.75) is 33.6 Å². The molecule has 1 amide bonds. The van der Waals surface area contributed by atoms with Gasteiger partial charge in [0.1, 0.15) is 0 Å². The number of aliphatic carboxylic acids is 1. The van der Waals surface area contributed by atoms with Crippen LogP contribution in [-0.4, -0.2) is 17.0 Å². The summed E-state index contributed by atoms with van der Waals surface area (Å²) in [5.41, 5.74) is 4.12. The van der Waals surface area contributed by atoms with Crippen LogP contribution >= 0.6 is 15.9 Å². The Balaban J connectivity index is 1.89. The van der Waals surface area contributed by atoms with Crippen molar-refractivity contribution in [3.63, 3.8) is 0 Å². The highest BCUT2D eigenvalue weighted by Gasteiger charge is 2.57. The summed E-state index contributed by atoms with van der Waals surface area (Å²) < 4.78 is 0.982. The van der Waals surface area contributed by atoms with E-state index >= 15 is 0 Å². The van der Waals surface area contributed by atoms with Crippen molar-refractivity contribution in [3.05, 3.63) is 39.4 Å². The van der Waals surface area contributed by atoms with Crippen molar-refractivity contribution in [2.24, 2.45) is 23.7 Å². The molecule has 0 saturated heterocycles. The molecule has 0 heterocycles. The summed E-state index contributed by atoms with van der Waals surface area (Å²) >= 11 is 3.44. The largest absolute Gasteiger partial charge is 0.481 e. The molecule has 128 valence electrons. The van der Waals surface area contributed by atoms with E-state index in [1.165, 1.54) is 11.1 Å². The van der Waals surface area contributed by atoms with E-state index < -0.39 is 17.8 Å². The lowest BCUT2D eigenvalue weighted by atomic mass is 9.78. The van der Waals surface area contributed by atoms with Crippen LogP contribution in [0.1, 0.15) is 32.3 Å². The number of nitrogens with one attached hydrogen (secondary N) is 1. The van der Waals surface area contributed by atoms with Crippen LogP contribution < -0.4 is 5.32 Å². The maximum Gasteiger partial charge on any atom is 0.307 e. The second kappa shape index (κ2) is 6.36. The molecule has 0 aromatic heterocycles. The van der Waals surface area contributed by atoms with Crippen molar-refractivity contribution in [3.8, 4) is 0 Å². The summed E-state index contributed by atoms with van der Waals surface area (Å²) in [4.78, 5) is 24.7. The number of aryl methyl sites for hydroxylation is 1. The van der Waals surface area contributed by atoms with E-state index in [0.29, 0.717) is 5.69 Å². The predicted octanol–water partition coefficient (Wildman–Crippen LogP) is 4.39. The quantitative estimate of drug-likeness (QED) is 0.750. The lowest BCUT2D eigenvalue weighted by Gasteiger charge is -2.26. The smallest absolute Gasteiger partial charge is 0.307 e. The molecule has 3 rings (SSSR count). The Labute approximate surface area is 150 Å². The van der Waals surface area contributed by atoms with Gasteiger partial charge in [-0.1, -0.05) is 27.1 Å². The number of hydrogen-bond donors (Lipinski definition) is 2. The van der Waals surface area contributed by atoms with E-state index in [2.05, 4.69) is 21.2 Å². The molecule has 4 nitrogen and oxygen atoms in total. The number of anilines is 1. The Morgan fingerprint density at radius 3 is 2.33 bits per heavy atom. The maximum absolute atomic E-state index is 12.9. The van der Waals surface area contributed by atoms with Gasteiger partial charge in [-0.15, -0.1) is 0 Å². The van der Waals surface area contributed by atoms with Crippen molar-refractivity contribution in [2.75, 3.05) is 5.32 Å². The average Bonchev–Trinajstić information content (AvgIpc) is 3.06. The minimum atomic E-state index is -0.854. The lowest BCUT2D eigenvalue weighted by Crippen LogP contribution is -2.37. The van der Waals surface area contributed by atoms with Gasteiger partial charge < -0.3 is 10.4 Å². The summed E-state index contributed by atoms with van der Waals surface area (Å²) in [6.07, 6.45) is 1.79. The fourth-order valence-electron chi connectivity index (χ4n) is 4.55. The molecule has 2 aliphatic rings. The highest BCUT2D eigenvalue weighted by atomic mass is 79.9. The Hall–Kier alpha value is -1.62. The van der Waals surface area contributed by atoms with Gasteiger partial charge >= 0.3 is 5.97 Å². The molecule has 1 aromatic rings. The number of fused-ring (bicyclic) bond motifs is 2. The molecule has 2 saturated carbocycles. The van der Waals surface area contributed by atoms with Crippen LogP contribution in [-0.2, 0) is 9.59 Å². The van der Waals surface area contributed by atoms with Crippen LogP contribution in [0.15, 0.2) is 33.8 Å². The molecule has 2 fully saturated rings. The van der Waals surface area contributed by atoms with Crippen LogP contribution in [0, 0.1) is 30.6 Å². The number of carbonyl (C=O) groups excluding carboxylic acids is 1. The van der Waals surface area contributed by atoms with Gasteiger partial charge in [0.05, 0.1) is 11.8 Å². The van der Waals surface area contributed by atoms with Crippen LogP contribution in [0.4, 0.5) is 5.69 Å². The van der Waals surface area contributed by atoms with Crippen LogP contribution in [0.25, 0.3) is 0 Å². The van der Waals surface area contributed by atoms with Crippen molar-refractivity contribution < 1.29 is 14.7 Å². The molecule has 0 spiro atoms. The summed E-state index contributed by atoms with van der Waals surface area (Å²) in [5.74, 6) is -2.03. The van der Waals surface area contributed by atoms with Gasteiger partial charge in [0.2, 0.25) is 5.91 Å². The Bertz CT molecular complexity index is 736. The zero-order valence-corrected chi connectivity index (χ0v) is 15.7. The summed E-state index contributed by atoms with van der Waals surface area (Å²) in [6, 6.07) is 5.62. The van der Waals surface area contributed by atoms with E-state index in [1.807, 2.05) is 39.0 Å². The lowest BCUT2D eigenvalue weighted by molar-refractivity contribution is -0.148. The number of rotatable bonds is 3. The monoisotopic (exact) mass is 391 g/mol. The number of amides is 1. The third-order valence-electron chi connectivity index (χ3n) is 5.43. The highest BCUT2D eigenvalue weighted by molar-refractivity contribution is 9.10. The molecule has 2 N–H and O–H groups in total. The number of carbonyl (C=O) groups is 2. The molecular formula is C19H22BrNO3. The highest BCUT2D eigenvalue weighted by Crippen LogP contribution is 2.57. The zero-order chi connectivity index (χ0) is 17.6. The summed E-state index contributed by atoms with van der Waals surface area (Å²) in [5, 5.41) is 12.6. The first kappa shape index (κ1) is 17.2. The van der Waals surface area contributed by atoms with Crippen LogP contribution in [0.3, 0.4) is 0 Å². The first-order valence-electron chi connectivity index (χ1n) is 8.28. The van der Waals surface area contributed by atoms with E-state index in [9.17, 15) is 14.7 Å². The molecule has 1 aromatic carbocycles. The molecule has 0 aliphatic heterocycles. The van der Waals surface area contributed by atoms with Crippen molar-refractivity contribution in [1.82, 2.24) is 0 Å². The molecular weight excluding hydrogens is 370 g/mol. The SMILES string of the molecule is CC(C)=C1[C@H]2CC[C@@H]1[C@@H](C(=O)O)[C@@H]2C(=O)Nc1ccc(Br)c(C)c1. The molecule has 24 heavy (non-hydrogen) atoms. The maximum atomic E-state index is 12.9. The third kappa shape index (κ3) is 2.79. The molecule has 2 bridgehead atoms. The van der Waals surface area contributed by atoms with Crippen LogP contribution in [0.2, 0.25) is 0 Å². The minimum absolute atomic E-state index is 0.0138. The first-order chi connectivity index (χ1) is 11.3. The number of allylic oxidation sites excluding steroid dienone is 2. The third-order valence-corrected chi connectivity index (χ3v) is 6.32. The van der Waals surface area contributed by atoms with Crippen LogP contribution in [0.5, 0.6) is 0 Å². The first-order valence-corrected chi connectivity index (χ1v) is 9.07. The predicted molar refractivity (Wildman–Crippen MR) is 96.7 cm³/mol. The minimum Gasteiger partial charge on any atom is -0.481 e. The van der Waals surface area contributed by atoms with Gasteiger partial charge in [0, 0.05) is 10.2 Å². The number of halogens is 1. The van der Waals surface area contributed by atoms with Gasteiger partial charge in [-0.25, -0.2) is 0 Å². The summed E-state index contributed by atoms with van der Waals surface area (Å²) in [6.45, 7) is 6.01. The second-order valence-electron chi connectivity index (χ2n) is 7.09. The fraction of sp³-hybridized carbons (Fsp3) is 0.474. The van der Waals surface area contributed by atoms with Crippen molar-refractivity contribution >= 4 is 33.5 Å². The molecule has 5 heteroatoms. The number of carboxylic acids is 1. The standard InChI is InChI=1S/C19H22BrNO3/c1-9(2)15-12-5-6-13(15)17(19(23)24)16(12)18(22)21-11-4-7-14(20)10(3)8-11/h4,7-8,12-13,16-17H,5-6H2,1-3H3,(H,21,22)(H,23,24)/t12-,13+,16-,17-/m1/s1. The zero-order valence-electron chi connectivity index (χ0n) is 14.1. The van der Waals surface area contributed by atoms with E-state index in [4.69, 9.17) is 0 Å². The van der Waals surface area contributed by atoms with E-state index in [1.54, 1.807) is 0 Å². The summed E-state index contributed by atoms with van der Waals surface area (Å²) in [7, 11) is 0. The topological polar surface area (TPSA) is 66.4 Å². The number of benzene rings is 1.